The lowest BCUT2D eigenvalue weighted by Crippen LogP contribution is -2.24. The third kappa shape index (κ3) is 4.29. The molecule has 3 aromatic carbocycles. The molecular weight excluding hydrogens is 453 g/mol. The first-order chi connectivity index (χ1) is 16.5. The van der Waals surface area contributed by atoms with E-state index in [2.05, 4.69) is 15.5 Å². The quantitative estimate of drug-likeness (QED) is 0.373. The molecule has 0 aliphatic carbocycles. The van der Waals surface area contributed by atoms with Crippen molar-refractivity contribution in [2.45, 2.75) is 18.6 Å². The van der Waals surface area contributed by atoms with E-state index in [-0.39, 0.29) is 23.0 Å². The Bertz CT molecular complexity index is 1560. The maximum absolute atomic E-state index is 13.3. The number of carbonyl (C=O) groups is 1. The molecular formula is C25H20FN5O2S. The highest BCUT2D eigenvalue weighted by Crippen LogP contribution is 2.22. The van der Waals surface area contributed by atoms with Crippen LogP contribution in [0.3, 0.4) is 0 Å². The SMILES string of the molecule is Cc1ccc(Cn2c(=O)c3ccccc3n3c(SCC(=O)Nc4ccc(F)cc4)nnc23)cc1. The number of thioether (sulfide) groups is 1. The molecule has 170 valence electrons. The molecule has 0 aliphatic heterocycles. The van der Waals surface area contributed by atoms with Gasteiger partial charge in [-0.25, -0.2) is 4.39 Å². The molecule has 34 heavy (non-hydrogen) atoms. The van der Waals surface area contributed by atoms with Crippen LogP contribution in [-0.4, -0.2) is 30.8 Å². The minimum Gasteiger partial charge on any atom is -0.325 e. The van der Waals surface area contributed by atoms with Gasteiger partial charge < -0.3 is 5.32 Å². The molecule has 0 unspecified atom stereocenters. The van der Waals surface area contributed by atoms with Crippen molar-refractivity contribution in [1.29, 1.82) is 0 Å². The second kappa shape index (κ2) is 9.11. The topological polar surface area (TPSA) is 81.3 Å². The number of anilines is 1. The summed E-state index contributed by atoms with van der Waals surface area (Å²) >= 11 is 1.21. The minimum absolute atomic E-state index is 0.0730. The number of hydrogen-bond acceptors (Lipinski definition) is 5. The highest BCUT2D eigenvalue weighted by atomic mass is 32.2. The molecule has 0 bridgehead atoms. The van der Waals surface area contributed by atoms with Crippen LogP contribution in [0.4, 0.5) is 10.1 Å². The zero-order chi connectivity index (χ0) is 23.7. The monoisotopic (exact) mass is 473 g/mol. The molecule has 0 aliphatic rings. The molecule has 7 nitrogen and oxygen atoms in total. The Morgan fingerprint density at radius 2 is 1.74 bits per heavy atom. The summed E-state index contributed by atoms with van der Waals surface area (Å²) in [6, 6.07) is 20.8. The van der Waals surface area contributed by atoms with Gasteiger partial charge in [0.05, 0.1) is 23.2 Å². The molecule has 5 rings (SSSR count). The van der Waals surface area contributed by atoms with Gasteiger partial charge in [-0.3, -0.25) is 18.6 Å². The summed E-state index contributed by atoms with van der Waals surface area (Å²) in [4.78, 5) is 25.7. The van der Waals surface area contributed by atoms with E-state index in [0.717, 1.165) is 11.1 Å². The van der Waals surface area contributed by atoms with Crippen LogP contribution in [-0.2, 0) is 11.3 Å². The van der Waals surface area contributed by atoms with Gasteiger partial charge in [-0.2, -0.15) is 0 Å². The summed E-state index contributed by atoms with van der Waals surface area (Å²) in [5, 5.41) is 12.4. The zero-order valence-corrected chi connectivity index (χ0v) is 19.1. The van der Waals surface area contributed by atoms with E-state index < -0.39 is 0 Å². The van der Waals surface area contributed by atoms with Crippen LogP contribution in [0, 0.1) is 12.7 Å². The number of halogens is 1. The maximum atomic E-state index is 13.3. The van der Waals surface area contributed by atoms with Crippen molar-refractivity contribution < 1.29 is 9.18 Å². The predicted octanol–water partition coefficient (Wildman–Crippen LogP) is 4.27. The molecule has 0 atom stereocenters. The second-order valence-electron chi connectivity index (χ2n) is 7.86. The lowest BCUT2D eigenvalue weighted by molar-refractivity contribution is -0.113. The molecule has 0 spiro atoms. The fourth-order valence-electron chi connectivity index (χ4n) is 3.71. The number of carbonyl (C=O) groups excluding carboxylic acids is 1. The number of benzene rings is 3. The molecule has 2 heterocycles. The van der Waals surface area contributed by atoms with Gasteiger partial charge in [0.2, 0.25) is 11.7 Å². The van der Waals surface area contributed by atoms with Crippen molar-refractivity contribution in [1.82, 2.24) is 19.2 Å². The first kappa shape index (κ1) is 21.8. The van der Waals surface area contributed by atoms with E-state index in [1.54, 1.807) is 15.0 Å². The number of nitrogens with one attached hydrogen (secondary N) is 1. The number of aromatic nitrogens is 4. The van der Waals surface area contributed by atoms with Gasteiger partial charge in [-0.05, 0) is 48.9 Å². The van der Waals surface area contributed by atoms with Gasteiger partial charge in [-0.15, -0.1) is 10.2 Å². The molecule has 1 amide bonds. The summed E-state index contributed by atoms with van der Waals surface area (Å²) in [6.07, 6.45) is 0. The van der Waals surface area contributed by atoms with Crippen molar-refractivity contribution in [2.75, 3.05) is 11.1 Å². The van der Waals surface area contributed by atoms with E-state index in [0.29, 0.717) is 34.1 Å². The zero-order valence-electron chi connectivity index (χ0n) is 18.2. The Morgan fingerprint density at radius 3 is 2.50 bits per heavy atom. The van der Waals surface area contributed by atoms with Crippen LogP contribution in [0.2, 0.25) is 0 Å². The number of fused-ring (bicyclic) bond motifs is 3. The second-order valence-corrected chi connectivity index (χ2v) is 8.80. The van der Waals surface area contributed by atoms with Gasteiger partial charge in [0.15, 0.2) is 5.16 Å². The maximum Gasteiger partial charge on any atom is 0.263 e. The Balaban J connectivity index is 1.49. The fourth-order valence-corrected chi connectivity index (χ4v) is 4.45. The van der Waals surface area contributed by atoms with Gasteiger partial charge in [0.25, 0.3) is 5.56 Å². The molecule has 0 saturated heterocycles. The molecule has 0 fully saturated rings. The molecule has 0 saturated carbocycles. The summed E-state index contributed by atoms with van der Waals surface area (Å²) in [5.74, 6) is -0.147. The van der Waals surface area contributed by atoms with Crippen molar-refractivity contribution in [3.63, 3.8) is 0 Å². The van der Waals surface area contributed by atoms with Crippen LogP contribution >= 0.6 is 11.8 Å². The highest BCUT2D eigenvalue weighted by molar-refractivity contribution is 7.99. The van der Waals surface area contributed by atoms with Gasteiger partial charge in [0.1, 0.15) is 5.82 Å². The molecule has 1 N–H and O–H groups in total. The first-order valence-corrected chi connectivity index (χ1v) is 11.6. The summed E-state index contributed by atoms with van der Waals surface area (Å²) in [7, 11) is 0. The number of hydrogen-bond donors (Lipinski definition) is 1. The Hall–Kier alpha value is -3.98. The number of rotatable bonds is 6. The molecule has 2 aromatic heterocycles. The average Bonchev–Trinajstić information content (AvgIpc) is 3.27. The Morgan fingerprint density at radius 1 is 1.00 bits per heavy atom. The molecule has 0 radical (unpaired) electrons. The van der Waals surface area contributed by atoms with Gasteiger partial charge in [-0.1, -0.05) is 53.7 Å². The van der Waals surface area contributed by atoms with Crippen LogP contribution in [0.25, 0.3) is 16.7 Å². The molecule has 5 aromatic rings. The predicted molar refractivity (Wildman–Crippen MR) is 131 cm³/mol. The third-order valence-corrected chi connectivity index (χ3v) is 6.33. The summed E-state index contributed by atoms with van der Waals surface area (Å²) < 4.78 is 16.5. The standard InChI is InChI=1S/C25H20FN5O2S/c1-16-6-8-17(9-7-16)14-30-23(33)20-4-2-3-5-21(20)31-24(30)28-29-25(31)34-15-22(32)27-19-12-10-18(26)11-13-19/h2-13H,14-15H2,1H3,(H,27,32). The highest BCUT2D eigenvalue weighted by Gasteiger charge is 2.18. The van der Waals surface area contributed by atoms with Crippen molar-refractivity contribution in [2.24, 2.45) is 0 Å². The lowest BCUT2D eigenvalue weighted by atomic mass is 10.1. The first-order valence-electron chi connectivity index (χ1n) is 10.6. The number of aryl methyl sites for hydroxylation is 1. The van der Waals surface area contributed by atoms with E-state index in [1.165, 1.54) is 36.0 Å². The van der Waals surface area contributed by atoms with Crippen molar-refractivity contribution in [3.05, 3.63) is 100 Å². The van der Waals surface area contributed by atoms with E-state index in [1.807, 2.05) is 49.4 Å². The van der Waals surface area contributed by atoms with Crippen LogP contribution < -0.4 is 10.9 Å². The lowest BCUT2D eigenvalue weighted by Gasteiger charge is -2.11. The van der Waals surface area contributed by atoms with Crippen LogP contribution in [0.1, 0.15) is 11.1 Å². The van der Waals surface area contributed by atoms with Crippen LogP contribution in [0.15, 0.2) is 82.7 Å². The number of amides is 1. The minimum atomic E-state index is -0.370. The van der Waals surface area contributed by atoms with Crippen LogP contribution in [0.5, 0.6) is 0 Å². The normalized spacial score (nSPS) is 11.2. The van der Waals surface area contributed by atoms with Gasteiger partial charge >= 0.3 is 0 Å². The van der Waals surface area contributed by atoms with Crippen molar-refractivity contribution in [3.8, 4) is 0 Å². The number of para-hydroxylation sites is 1. The number of nitrogens with zero attached hydrogens (tertiary/aromatic N) is 4. The largest absolute Gasteiger partial charge is 0.325 e. The summed E-state index contributed by atoms with van der Waals surface area (Å²) in [6.45, 7) is 2.36. The van der Waals surface area contributed by atoms with E-state index in [4.69, 9.17) is 0 Å². The fraction of sp³-hybridized carbons (Fsp3) is 0.120. The summed E-state index contributed by atoms with van der Waals surface area (Å²) in [5.41, 5.74) is 3.15. The van der Waals surface area contributed by atoms with E-state index in [9.17, 15) is 14.0 Å². The van der Waals surface area contributed by atoms with Crippen molar-refractivity contribution >= 4 is 40.0 Å². The Kier molecular flexibility index (Phi) is 5.85. The Labute approximate surface area is 198 Å². The van der Waals surface area contributed by atoms with E-state index >= 15 is 0 Å². The van der Waals surface area contributed by atoms with Gasteiger partial charge in [0, 0.05) is 5.69 Å². The third-order valence-electron chi connectivity index (χ3n) is 5.40. The average molecular weight is 474 g/mol. The smallest absolute Gasteiger partial charge is 0.263 e. The molecule has 9 heteroatoms.